The van der Waals surface area contributed by atoms with Gasteiger partial charge in [0.15, 0.2) is 10.8 Å². The van der Waals surface area contributed by atoms with Crippen LogP contribution >= 0.6 is 11.3 Å². The third-order valence-corrected chi connectivity index (χ3v) is 4.56. The van der Waals surface area contributed by atoms with Gasteiger partial charge in [0, 0.05) is 29.6 Å². The van der Waals surface area contributed by atoms with Crippen molar-refractivity contribution in [2.24, 2.45) is 5.92 Å². The van der Waals surface area contributed by atoms with Crippen LogP contribution < -0.4 is 5.32 Å². The first-order valence-electron chi connectivity index (χ1n) is 6.91. The first-order chi connectivity index (χ1) is 9.13. The van der Waals surface area contributed by atoms with Crippen molar-refractivity contribution < 1.29 is 4.42 Å². The van der Waals surface area contributed by atoms with Crippen molar-refractivity contribution in [3.05, 3.63) is 29.0 Å². The van der Waals surface area contributed by atoms with E-state index < -0.39 is 0 Å². The van der Waals surface area contributed by atoms with E-state index in [1.165, 1.54) is 11.3 Å². The lowest BCUT2D eigenvalue weighted by molar-refractivity contribution is 0.518. The Labute approximate surface area is 118 Å². The molecule has 1 N–H and O–H groups in total. The highest BCUT2D eigenvalue weighted by molar-refractivity contribution is 7.14. The van der Waals surface area contributed by atoms with Gasteiger partial charge in [-0.05, 0) is 24.5 Å². The second-order valence-electron chi connectivity index (χ2n) is 5.69. The molecule has 0 radical (unpaired) electrons. The largest absolute Gasteiger partial charge is 0.458 e. The average Bonchev–Trinajstić information content (AvgIpc) is 2.87. The highest BCUT2D eigenvalue weighted by Crippen LogP contribution is 2.48. The number of nitrogens with one attached hydrogen (secondary N) is 1. The molecule has 1 saturated carbocycles. The van der Waals surface area contributed by atoms with Crippen molar-refractivity contribution in [1.29, 1.82) is 0 Å². The molecule has 3 nitrogen and oxygen atoms in total. The average molecular weight is 276 g/mol. The summed E-state index contributed by atoms with van der Waals surface area (Å²) in [6, 6.07) is 4.66. The lowest BCUT2D eigenvalue weighted by atomic mass is 10.3. The van der Waals surface area contributed by atoms with E-state index in [1.54, 1.807) is 11.3 Å². The summed E-state index contributed by atoms with van der Waals surface area (Å²) in [5, 5.41) is 4.39. The van der Waals surface area contributed by atoms with Crippen LogP contribution in [0.25, 0.3) is 10.8 Å². The number of hydrogen-bond donors (Lipinski definition) is 1. The molecule has 4 heteroatoms. The lowest BCUT2D eigenvalue weighted by Crippen LogP contribution is -2.21. The minimum Gasteiger partial charge on any atom is -0.458 e. The summed E-state index contributed by atoms with van der Waals surface area (Å²) in [5.74, 6) is 3.45. The van der Waals surface area contributed by atoms with Crippen molar-refractivity contribution in [2.45, 2.75) is 45.7 Å². The maximum Gasteiger partial charge on any atom is 0.162 e. The predicted molar refractivity (Wildman–Crippen MR) is 78.3 cm³/mol. The molecule has 1 fully saturated rings. The lowest BCUT2D eigenvalue weighted by Gasteiger charge is -2.04. The first kappa shape index (κ1) is 12.9. The molecule has 19 heavy (non-hydrogen) atoms. The van der Waals surface area contributed by atoms with E-state index in [9.17, 15) is 0 Å². The molecule has 1 aliphatic carbocycles. The fourth-order valence-electron chi connectivity index (χ4n) is 2.19. The van der Waals surface area contributed by atoms with E-state index in [-0.39, 0.29) is 0 Å². The van der Waals surface area contributed by atoms with Gasteiger partial charge in [-0.25, -0.2) is 4.98 Å². The Bertz CT molecular complexity index is 558. The van der Waals surface area contributed by atoms with Gasteiger partial charge < -0.3 is 9.73 Å². The van der Waals surface area contributed by atoms with Crippen molar-refractivity contribution in [3.8, 4) is 10.8 Å². The molecule has 2 aromatic heterocycles. The Hall–Kier alpha value is -1.13. The van der Waals surface area contributed by atoms with Gasteiger partial charge in [0.05, 0.1) is 0 Å². The van der Waals surface area contributed by atoms with Crippen molar-refractivity contribution in [2.75, 3.05) is 0 Å². The molecule has 2 atom stereocenters. The monoisotopic (exact) mass is 276 g/mol. The minimum atomic E-state index is 0.497. The quantitative estimate of drug-likeness (QED) is 0.896. The molecule has 2 aromatic rings. The van der Waals surface area contributed by atoms with Gasteiger partial charge in [0.1, 0.15) is 5.76 Å². The van der Waals surface area contributed by atoms with E-state index >= 15 is 0 Å². The Morgan fingerprint density at radius 3 is 2.95 bits per heavy atom. The van der Waals surface area contributed by atoms with Gasteiger partial charge in [-0.3, -0.25) is 0 Å². The molecule has 0 spiro atoms. The summed E-state index contributed by atoms with van der Waals surface area (Å²) < 4.78 is 5.93. The zero-order chi connectivity index (χ0) is 13.4. The fourth-order valence-corrected chi connectivity index (χ4v) is 3.02. The molecule has 2 heterocycles. The van der Waals surface area contributed by atoms with E-state index in [4.69, 9.17) is 4.42 Å². The molecule has 0 saturated heterocycles. The second kappa shape index (κ2) is 5.10. The fraction of sp³-hybridized carbons (Fsp3) is 0.533. The van der Waals surface area contributed by atoms with Crippen LogP contribution in [0, 0.1) is 5.92 Å². The standard InChI is InChI=1S/C15H20N2OS/c1-9(2)16-7-11-8-17-15(19-11)14-5-4-13(18-14)12-6-10(12)3/h4-5,8-10,12,16H,6-7H2,1-3H3. The Morgan fingerprint density at radius 1 is 1.47 bits per heavy atom. The number of rotatable bonds is 5. The summed E-state index contributed by atoms with van der Waals surface area (Å²) in [6.45, 7) is 7.45. The van der Waals surface area contributed by atoms with Crippen LogP contribution in [0.4, 0.5) is 0 Å². The van der Waals surface area contributed by atoms with Gasteiger partial charge in [0.2, 0.25) is 0 Å². The molecular formula is C15H20N2OS. The third-order valence-electron chi connectivity index (χ3n) is 3.55. The zero-order valence-electron chi connectivity index (χ0n) is 11.6. The zero-order valence-corrected chi connectivity index (χ0v) is 12.5. The smallest absolute Gasteiger partial charge is 0.162 e. The summed E-state index contributed by atoms with van der Waals surface area (Å²) in [6.07, 6.45) is 3.20. The van der Waals surface area contributed by atoms with Gasteiger partial charge in [-0.2, -0.15) is 0 Å². The Kier molecular flexibility index (Phi) is 3.46. The van der Waals surface area contributed by atoms with Gasteiger partial charge >= 0.3 is 0 Å². The van der Waals surface area contributed by atoms with E-state index in [2.05, 4.69) is 43.2 Å². The Morgan fingerprint density at radius 2 is 2.26 bits per heavy atom. The minimum absolute atomic E-state index is 0.497. The van der Waals surface area contributed by atoms with Gasteiger partial charge in [0.25, 0.3) is 0 Å². The summed E-state index contributed by atoms with van der Waals surface area (Å²) in [7, 11) is 0. The molecule has 1 aliphatic rings. The third kappa shape index (κ3) is 2.90. The maximum absolute atomic E-state index is 5.93. The molecule has 0 amide bonds. The molecule has 0 aliphatic heterocycles. The van der Waals surface area contributed by atoms with Crippen LogP contribution in [0.5, 0.6) is 0 Å². The summed E-state index contributed by atoms with van der Waals surface area (Å²) in [5.41, 5.74) is 0. The van der Waals surface area contributed by atoms with Crippen LogP contribution in [-0.2, 0) is 6.54 Å². The van der Waals surface area contributed by atoms with Crippen molar-refractivity contribution >= 4 is 11.3 Å². The molecule has 3 rings (SSSR count). The number of aromatic nitrogens is 1. The summed E-state index contributed by atoms with van der Waals surface area (Å²) in [4.78, 5) is 5.71. The van der Waals surface area contributed by atoms with E-state index in [1.807, 2.05) is 6.20 Å². The topological polar surface area (TPSA) is 38.1 Å². The molecule has 2 unspecified atom stereocenters. The normalized spacial score (nSPS) is 22.1. The van der Waals surface area contributed by atoms with Crippen LogP contribution in [0.1, 0.15) is 43.7 Å². The van der Waals surface area contributed by atoms with Gasteiger partial charge in [-0.1, -0.05) is 20.8 Å². The molecule has 102 valence electrons. The SMILES string of the molecule is CC(C)NCc1cnc(-c2ccc(C3CC3C)o2)s1. The molecular weight excluding hydrogens is 256 g/mol. The molecule has 0 bridgehead atoms. The highest BCUT2D eigenvalue weighted by atomic mass is 32.1. The maximum atomic E-state index is 5.93. The summed E-state index contributed by atoms with van der Waals surface area (Å²) >= 11 is 1.71. The van der Waals surface area contributed by atoms with Crippen LogP contribution in [0.15, 0.2) is 22.7 Å². The van der Waals surface area contributed by atoms with E-state index in [0.717, 1.165) is 29.0 Å². The predicted octanol–water partition coefficient (Wildman–Crippen LogP) is 4.02. The first-order valence-corrected chi connectivity index (χ1v) is 7.73. The molecule has 0 aromatic carbocycles. The van der Waals surface area contributed by atoms with Crippen molar-refractivity contribution in [1.82, 2.24) is 10.3 Å². The van der Waals surface area contributed by atoms with Crippen LogP contribution in [-0.4, -0.2) is 11.0 Å². The Balaban J connectivity index is 1.70. The van der Waals surface area contributed by atoms with Crippen molar-refractivity contribution in [3.63, 3.8) is 0 Å². The number of hydrogen-bond acceptors (Lipinski definition) is 4. The van der Waals surface area contributed by atoms with Gasteiger partial charge in [-0.15, -0.1) is 11.3 Å². The number of nitrogens with zero attached hydrogens (tertiary/aromatic N) is 1. The second-order valence-corrected chi connectivity index (χ2v) is 6.80. The van der Waals surface area contributed by atoms with E-state index in [0.29, 0.717) is 12.0 Å². The number of furan rings is 1. The van der Waals surface area contributed by atoms with Crippen LogP contribution in [0.2, 0.25) is 0 Å². The highest BCUT2D eigenvalue weighted by Gasteiger charge is 2.36. The van der Waals surface area contributed by atoms with Crippen LogP contribution in [0.3, 0.4) is 0 Å². The number of thiazole rings is 1.